The van der Waals surface area contributed by atoms with Crippen LogP contribution in [0.3, 0.4) is 0 Å². The molecule has 1 amide bonds. The fourth-order valence-electron chi connectivity index (χ4n) is 2.21. The fraction of sp³-hybridized carbons (Fsp3) is 0.118. The monoisotopic (exact) mass is 389 g/mol. The van der Waals surface area contributed by atoms with Gasteiger partial charge >= 0.3 is 0 Å². The van der Waals surface area contributed by atoms with Crippen LogP contribution in [0.1, 0.15) is 0 Å². The van der Waals surface area contributed by atoms with Crippen LogP contribution in [0.25, 0.3) is 11.4 Å². The Hall–Kier alpha value is -2.71. The van der Waals surface area contributed by atoms with E-state index in [1.807, 2.05) is 24.3 Å². The predicted octanol–water partition coefficient (Wildman–Crippen LogP) is 3.05. The number of nitrogens with two attached hydrogens (primary N) is 1. The van der Waals surface area contributed by atoms with Crippen molar-refractivity contribution in [3.63, 3.8) is 0 Å². The topological polar surface area (TPSA) is 95.1 Å². The van der Waals surface area contributed by atoms with Crippen molar-refractivity contribution in [2.75, 3.05) is 24.0 Å². The van der Waals surface area contributed by atoms with E-state index in [2.05, 4.69) is 15.5 Å². The number of methoxy groups -OCH3 is 1. The minimum atomic E-state index is -0.189. The SMILES string of the molecule is COc1ccc(-c2nnc(SCC(=O)Nc3cccc(Cl)c3)n2N)cc1. The number of carbonyl (C=O) groups excluding carboxylic acids is 1. The van der Waals surface area contributed by atoms with Crippen molar-refractivity contribution in [3.05, 3.63) is 53.6 Å². The number of nitrogens with zero attached hydrogens (tertiary/aromatic N) is 3. The van der Waals surface area contributed by atoms with Crippen molar-refractivity contribution in [3.8, 4) is 17.1 Å². The Bertz CT molecular complexity index is 914. The molecule has 1 heterocycles. The quantitative estimate of drug-likeness (QED) is 0.497. The zero-order valence-corrected chi connectivity index (χ0v) is 15.4. The zero-order chi connectivity index (χ0) is 18.5. The average molecular weight is 390 g/mol. The number of ether oxygens (including phenoxy) is 1. The number of halogens is 1. The fourth-order valence-corrected chi connectivity index (χ4v) is 3.05. The molecule has 3 N–H and O–H groups in total. The third kappa shape index (κ3) is 4.27. The van der Waals surface area contributed by atoms with Crippen molar-refractivity contribution in [2.24, 2.45) is 0 Å². The number of carbonyl (C=O) groups is 1. The number of amides is 1. The summed E-state index contributed by atoms with van der Waals surface area (Å²) < 4.78 is 6.49. The van der Waals surface area contributed by atoms with E-state index in [1.54, 1.807) is 31.4 Å². The van der Waals surface area contributed by atoms with Gasteiger partial charge in [-0.15, -0.1) is 10.2 Å². The molecule has 0 aliphatic heterocycles. The molecular weight excluding hydrogens is 374 g/mol. The highest BCUT2D eigenvalue weighted by Crippen LogP contribution is 2.23. The van der Waals surface area contributed by atoms with Crippen LogP contribution in [-0.2, 0) is 4.79 Å². The van der Waals surface area contributed by atoms with Gasteiger partial charge in [-0.2, -0.15) is 0 Å². The maximum atomic E-state index is 12.1. The first kappa shape index (κ1) is 18.1. The van der Waals surface area contributed by atoms with Crippen molar-refractivity contribution in [2.45, 2.75) is 5.16 Å². The molecule has 26 heavy (non-hydrogen) atoms. The van der Waals surface area contributed by atoms with Crippen LogP contribution in [-0.4, -0.2) is 33.6 Å². The second-order valence-electron chi connectivity index (χ2n) is 5.25. The van der Waals surface area contributed by atoms with Gasteiger partial charge in [-0.3, -0.25) is 4.79 Å². The molecule has 7 nitrogen and oxygen atoms in total. The first-order chi connectivity index (χ1) is 12.6. The molecule has 0 aliphatic carbocycles. The van der Waals surface area contributed by atoms with Crippen LogP contribution in [0, 0.1) is 0 Å². The lowest BCUT2D eigenvalue weighted by atomic mass is 10.2. The predicted molar refractivity (Wildman–Crippen MR) is 103 cm³/mol. The van der Waals surface area contributed by atoms with Gasteiger partial charge in [0.15, 0.2) is 5.82 Å². The smallest absolute Gasteiger partial charge is 0.234 e. The van der Waals surface area contributed by atoms with Gasteiger partial charge in [0.05, 0.1) is 12.9 Å². The Labute approximate surface area is 159 Å². The standard InChI is InChI=1S/C17H16ClN5O2S/c1-25-14-7-5-11(6-8-14)16-21-22-17(23(16)19)26-10-15(24)20-13-4-2-3-12(18)9-13/h2-9H,10,19H2,1H3,(H,20,24). The Morgan fingerprint density at radius 2 is 2.04 bits per heavy atom. The summed E-state index contributed by atoms with van der Waals surface area (Å²) in [5, 5.41) is 11.9. The van der Waals surface area contributed by atoms with E-state index in [0.29, 0.717) is 21.7 Å². The normalized spacial score (nSPS) is 10.5. The summed E-state index contributed by atoms with van der Waals surface area (Å²) >= 11 is 7.10. The van der Waals surface area contributed by atoms with Crippen LogP contribution < -0.4 is 15.9 Å². The number of thioether (sulfide) groups is 1. The van der Waals surface area contributed by atoms with E-state index in [4.69, 9.17) is 22.2 Å². The maximum Gasteiger partial charge on any atom is 0.234 e. The summed E-state index contributed by atoms with van der Waals surface area (Å²) in [5.41, 5.74) is 1.44. The Balaban J connectivity index is 1.63. The number of rotatable bonds is 6. The Kier molecular flexibility index (Phi) is 5.65. The van der Waals surface area contributed by atoms with E-state index >= 15 is 0 Å². The third-order valence-corrected chi connectivity index (χ3v) is 4.63. The number of nitrogens with one attached hydrogen (secondary N) is 1. The molecule has 9 heteroatoms. The molecule has 0 bridgehead atoms. The van der Waals surface area contributed by atoms with Gasteiger partial charge in [0, 0.05) is 16.3 Å². The number of nitrogen functional groups attached to an aromatic ring is 1. The lowest BCUT2D eigenvalue weighted by Crippen LogP contribution is -2.16. The van der Waals surface area contributed by atoms with Crippen LogP contribution >= 0.6 is 23.4 Å². The van der Waals surface area contributed by atoms with E-state index in [9.17, 15) is 4.79 Å². The molecule has 0 radical (unpaired) electrons. The second kappa shape index (κ2) is 8.11. The van der Waals surface area contributed by atoms with Gasteiger partial charge in [0.1, 0.15) is 5.75 Å². The number of benzene rings is 2. The molecule has 0 unspecified atom stereocenters. The number of aromatic nitrogens is 3. The van der Waals surface area contributed by atoms with Gasteiger partial charge in [0.25, 0.3) is 0 Å². The zero-order valence-electron chi connectivity index (χ0n) is 13.8. The first-order valence-electron chi connectivity index (χ1n) is 7.60. The number of hydrogen-bond acceptors (Lipinski definition) is 6. The third-order valence-electron chi connectivity index (χ3n) is 3.45. The van der Waals surface area contributed by atoms with Crippen molar-refractivity contribution in [1.82, 2.24) is 14.9 Å². The van der Waals surface area contributed by atoms with Crippen LogP contribution in [0.4, 0.5) is 5.69 Å². The van der Waals surface area contributed by atoms with Crippen molar-refractivity contribution >= 4 is 35.0 Å². The molecule has 3 aromatic rings. The van der Waals surface area contributed by atoms with Crippen LogP contribution in [0.5, 0.6) is 5.75 Å². The van der Waals surface area contributed by atoms with Crippen molar-refractivity contribution in [1.29, 1.82) is 0 Å². The molecule has 3 rings (SSSR count). The highest BCUT2D eigenvalue weighted by molar-refractivity contribution is 7.99. The summed E-state index contributed by atoms with van der Waals surface area (Å²) in [6.07, 6.45) is 0. The molecule has 0 saturated heterocycles. The van der Waals surface area contributed by atoms with E-state index in [-0.39, 0.29) is 11.7 Å². The van der Waals surface area contributed by atoms with Crippen molar-refractivity contribution < 1.29 is 9.53 Å². The minimum Gasteiger partial charge on any atom is -0.497 e. The Morgan fingerprint density at radius 3 is 2.73 bits per heavy atom. The first-order valence-corrected chi connectivity index (χ1v) is 8.96. The molecule has 1 aromatic heterocycles. The molecule has 134 valence electrons. The molecule has 2 aromatic carbocycles. The van der Waals surface area contributed by atoms with E-state index in [1.165, 1.54) is 16.4 Å². The maximum absolute atomic E-state index is 12.1. The minimum absolute atomic E-state index is 0.143. The van der Waals surface area contributed by atoms with Gasteiger partial charge in [-0.25, -0.2) is 4.68 Å². The molecule has 0 fully saturated rings. The van der Waals surface area contributed by atoms with Crippen LogP contribution in [0.2, 0.25) is 5.02 Å². The Morgan fingerprint density at radius 1 is 1.27 bits per heavy atom. The number of hydrogen-bond donors (Lipinski definition) is 2. The largest absolute Gasteiger partial charge is 0.497 e. The summed E-state index contributed by atoms with van der Waals surface area (Å²) in [6.45, 7) is 0. The van der Waals surface area contributed by atoms with Gasteiger partial charge in [-0.1, -0.05) is 29.4 Å². The lowest BCUT2D eigenvalue weighted by Gasteiger charge is -2.06. The second-order valence-corrected chi connectivity index (χ2v) is 6.63. The highest BCUT2D eigenvalue weighted by atomic mass is 35.5. The van der Waals surface area contributed by atoms with E-state index in [0.717, 1.165) is 11.3 Å². The van der Waals surface area contributed by atoms with Crippen LogP contribution in [0.15, 0.2) is 53.7 Å². The summed E-state index contributed by atoms with van der Waals surface area (Å²) in [7, 11) is 1.60. The molecule has 0 atom stereocenters. The molecule has 0 spiro atoms. The lowest BCUT2D eigenvalue weighted by molar-refractivity contribution is -0.113. The van der Waals surface area contributed by atoms with Gasteiger partial charge in [0.2, 0.25) is 11.1 Å². The van der Waals surface area contributed by atoms with Gasteiger partial charge in [-0.05, 0) is 42.5 Å². The average Bonchev–Trinajstić information content (AvgIpc) is 3.01. The summed E-state index contributed by atoms with van der Waals surface area (Å²) in [4.78, 5) is 12.1. The summed E-state index contributed by atoms with van der Waals surface area (Å²) in [6, 6.07) is 14.3. The number of anilines is 1. The molecule has 0 saturated carbocycles. The van der Waals surface area contributed by atoms with E-state index < -0.39 is 0 Å². The highest BCUT2D eigenvalue weighted by Gasteiger charge is 2.14. The van der Waals surface area contributed by atoms with Gasteiger partial charge < -0.3 is 15.9 Å². The molecule has 0 aliphatic rings. The molecular formula is C17H16ClN5O2S. The summed E-state index contributed by atoms with van der Waals surface area (Å²) in [5.74, 6) is 7.25.